The predicted molar refractivity (Wildman–Crippen MR) is 66.4 cm³/mol. The normalized spacial score (nSPS) is 13.2. The topological polar surface area (TPSA) is 73.0 Å². The summed E-state index contributed by atoms with van der Waals surface area (Å²) in [7, 11) is 0. The van der Waals surface area contributed by atoms with Gasteiger partial charge in [0.2, 0.25) is 5.91 Å². The van der Waals surface area contributed by atoms with Crippen molar-refractivity contribution in [2.45, 2.75) is 32.5 Å². The smallest absolute Gasteiger partial charge is 0.360 e. The molecule has 1 N–H and O–H groups in total. The lowest BCUT2D eigenvalue weighted by Gasteiger charge is -2.14. The van der Waals surface area contributed by atoms with E-state index < -0.39 is 23.8 Å². The Balaban J connectivity index is 2.15. The highest BCUT2D eigenvalue weighted by Crippen LogP contribution is 2.28. The monoisotopic (exact) mass is 302 g/mol. The molecule has 0 bridgehead atoms. The molecule has 2 aromatic rings. The number of hydrogen-bond acceptors (Lipinski definition) is 4. The van der Waals surface area contributed by atoms with Gasteiger partial charge in [0.25, 0.3) is 0 Å². The third-order valence-electron chi connectivity index (χ3n) is 2.79. The maximum Gasteiger partial charge on any atom is 0.435 e. The highest BCUT2D eigenvalue weighted by atomic mass is 19.4. The summed E-state index contributed by atoms with van der Waals surface area (Å²) in [5, 5.41) is 9.48. The van der Waals surface area contributed by atoms with Crippen molar-refractivity contribution in [2.75, 3.05) is 5.32 Å². The minimum atomic E-state index is -4.54. The molecule has 1 amide bonds. The molecule has 0 radical (unpaired) electrons. The number of carbonyl (C=O) groups excluding carboxylic acids is 1. The molecule has 0 aliphatic rings. The van der Waals surface area contributed by atoms with Gasteiger partial charge in [-0.3, -0.25) is 9.48 Å². The molecular weight excluding hydrogens is 289 g/mol. The van der Waals surface area contributed by atoms with Crippen LogP contribution in [0.1, 0.15) is 30.8 Å². The van der Waals surface area contributed by atoms with Crippen molar-refractivity contribution in [1.82, 2.24) is 14.9 Å². The van der Waals surface area contributed by atoms with Gasteiger partial charge in [0.05, 0.1) is 0 Å². The van der Waals surface area contributed by atoms with E-state index in [0.29, 0.717) is 5.76 Å². The van der Waals surface area contributed by atoms with Crippen LogP contribution in [0.15, 0.2) is 22.9 Å². The van der Waals surface area contributed by atoms with E-state index in [1.165, 1.54) is 6.07 Å². The van der Waals surface area contributed by atoms with Gasteiger partial charge in [-0.25, -0.2) is 0 Å². The minimum Gasteiger partial charge on any atom is -0.360 e. The van der Waals surface area contributed by atoms with Gasteiger partial charge in [0.1, 0.15) is 11.8 Å². The number of hydrogen-bond donors (Lipinski definition) is 1. The Labute approximate surface area is 117 Å². The molecule has 0 saturated carbocycles. The van der Waals surface area contributed by atoms with Crippen molar-refractivity contribution in [1.29, 1.82) is 0 Å². The van der Waals surface area contributed by atoms with Crippen LogP contribution in [-0.4, -0.2) is 20.8 Å². The summed E-state index contributed by atoms with van der Waals surface area (Å²) < 4.78 is 43.4. The molecule has 114 valence electrons. The Morgan fingerprint density at radius 1 is 1.52 bits per heavy atom. The van der Waals surface area contributed by atoms with Gasteiger partial charge in [-0.15, -0.1) is 0 Å². The fraction of sp³-hybridized carbons (Fsp3) is 0.417. The van der Waals surface area contributed by atoms with Crippen LogP contribution in [0.5, 0.6) is 0 Å². The van der Waals surface area contributed by atoms with Crippen molar-refractivity contribution in [3.8, 4) is 0 Å². The lowest BCUT2D eigenvalue weighted by molar-refractivity contribution is -0.141. The van der Waals surface area contributed by atoms with Crippen LogP contribution in [0.4, 0.5) is 19.0 Å². The van der Waals surface area contributed by atoms with E-state index in [1.807, 2.05) is 0 Å². The van der Waals surface area contributed by atoms with E-state index in [-0.39, 0.29) is 12.2 Å². The van der Waals surface area contributed by atoms with Crippen LogP contribution < -0.4 is 5.32 Å². The molecule has 0 aliphatic carbocycles. The molecule has 0 spiro atoms. The number of alkyl halides is 3. The van der Waals surface area contributed by atoms with Crippen molar-refractivity contribution in [3.63, 3.8) is 0 Å². The van der Waals surface area contributed by atoms with Gasteiger partial charge >= 0.3 is 6.18 Å². The van der Waals surface area contributed by atoms with Crippen LogP contribution in [0.25, 0.3) is 0 Å². The van der Waals surface area contributed by atoms with Crippen LogP contribution in [0.2, 0.25) is 0 Å². The maximum atomic E-state index is 12.5. The lowest BCUT2D eigenvalue weighted by atomic mass is 10.2. The summed E-state index contributed by atoms with van der Waals surface area (Å²) in [5.74, 6) is 0.207. The Morgan fingerprint density at radius 3 is 2.71 bits per heavy atom. The van der Waals surface area contributed by atoms with Crippen molar-refractivity contribution in [3.05, 3.63) is 29.8 Å². The predicted octanol–water partition coefficient (Wildman–Crippen LogP) is 2.79. The minimum absolute atomic E-state index is 0.208. The Hall–Kier alpha value is -2.32. The molecule has 9 heteroatoms. The second-order valence-electron chi connectivity index (χ2n) is 4.41. The zero-order valence-corrected chi connectivity index (χ0v) is 11.3. The van der Waals surface area contributed by atoms with Crippen molar-refractivity contribution < 1.29 is 22.5 Å². The number of amides is 1. The fourth-order valence-corrected chi connectivity index (χ4v) is 1.79. The number of anilines is 1. The van der Waals surface area contributed by atoms with Crippen molar-refractivity contribution >= 4 is 11.7 Å². The van der Waals surface area contributed by atoms with Crippen molar-refractivity contribution in [2.24, 2.45) is 0 Å². The van der Waals surface area contributed by atoms with Gasteiger partial charge in [-0.05, 0) is 19.4 Å². The molecule has 2 rings (SSSR count). The largest absolute Gasteiger partial charge is 0.435 e. The first-order chi connectivity index (χ1) is 9.81. The first-order valence-corrected chi connectivity index (χ1v) is 6.17. The number of aromatic nitrogens is 3. The SMILES string of the molecule is CC[C@H](C(=O)Nc1cc(C)on1)n1ccc(C(F)(F)F)n1. The number of rotatable bonds is 4. The molecule has 2 aromatic heterocycles. The zero-order valence-electron chi connectivity index (χ0n) is 11.3. The van der Waals surface area contributed by atoms with E-state index in [0.717, 1.165) is 16.9 Å². The van der Waals surface area contributed by atoms with Crippen LogP contribution in [0.3, 0.4) is 0 Å². The van der Waals surface area contributed by atoms with E-state index in [9.17, 15) is 18.0 Å². The standard InChI is InChI=1S/C12H13F3N4O2/c1-3-8(11(20)16-10-6-7(2)21-18-10)19-5-4-9(17-19)12(13,14)15/h4-6,8H,3H2,1-2H3,(H,16,18,20)/t8-/m1/s1. The summed E-state index contributed by atoms with van der Waals surface area (Å²) in [6, 6.07) is 1.48. The third-order valence-corrected chi connectivity index (χ3v) is 2.79. The molecule has 0 aromatic carbocycles. The first kappa shape index (κ1) is 15.1. The van der Waals surface area contributed by atoms with E-state index in [4.69, 9.17) is 4.52 Å². The summed E-state index contributed by atoms with van der Waals surface area (Å²) in [4.78, 5) is 12.1. The van der Waals surface area contributed by atoms with Crippen LogP contribution >= 0.6 is 0 Å². The number of aryl methyl sites for hydroxylation is 1. The summed E-state index contributed by atoms with van der Waals surface area (Å²) in [5.41, 5.74) is -1.04. The van der Waals surface area contributed by atoms with Gasteiger partial charge in [0, 0.05) is 12.3 Å². The number of nitrogens with one attached hydrogen (secondary N) is 1. The Bertz CT molecular complexity index is 632. The molecule has 0 aliphatic heterocycles. The molecule has 21 heavy (non-hydrogen) atoms. The van der Waals surface area contributed by atoms with Crippen LogP contribution in [-0.2, 0) is 11.0 Å². The molecule has 1 atom stereocenters. The Morgan fingerprint density at radius 2 is 2.24 bits per heavy atom. The lowest BCUT2D eigenvalue weighted by Crippen LogP contribution is -2.26. The highest BCUT2D eigenvalue weighted by Gasteiger charge is 2.34. The second-order valence-corrected chi connectivity index (χ2v) is 4.41. The van der Waals surface area contributed by atoms with Gasteiger partial charge in [0.15, 0.2) is 11.5 Å². The number of nitrogens with zero attached hydrogens (tertiary/aromatic N) is 3. The molecule has 0 saturated heterocycles. The van der Waals surface area contributed by atoms with E-state index in [1.54, 1.807) is 13.8 Å². The molecule has 2 heterocycles. The van der Waals surface area contributed by atoms with E-state index in [2.05, 4.69) is 15.6 Å². The number of carbonyl (C=O) groups is 1. The number of halogens is 3. The fourth-order valence-electron chi connectivity index (χ4n) is 1.79. The third kappa shape index (κ3) is 3.41. The highest BCUT2D eigenvalue weighted by molar-refractivity contribution is 5.92. The van der Waals surface area contributed by atoms with Gasteiger partial charge in [-0.2, -0.15) is 18.3 Å². The van der Waals surface area contributed by atoms with E-state index >= 15 is 0 Å². The quantitative estimate of drug-likeness (QED) is 0.942. The maximum absolute atomic E-state index is 12.5. The zero-order chi connectivity index (χ0) is 15.6. The van der Waals surface area contributed by atoms with Gasteiger partial charge < -0.3 is 9.84 Å². The molecule has 6 nitrogen and oxygen atoms in total. The second kappa shape index (κ2) is 5.58. The average molecular weight is 302 g/mol. The van der Waals surface area contributed by atoms with Crippen LogP contribution in [0, 0.1) is 6.92 Å². The summed E-state index contributed by atoms with van der Waals surface area (Å²) in [6.07, 6.45) is -3.13. The molecule has 0 fully saturated rings. The Kier molecular flexibility index (Phi) is 4.01. The summed E-state index contributed by atoms with van der Waals surface area (Å²) in [6.45, 7) is 3.33. The molecular formula is C12H13F3N4O2. The van der Waals surface area contributed by atoms with Gasteiger partial charge in [-0.1, -0.05) is 12.1 Å². The summed E-state index contributed by atoms with van der Waals surface area (Å²) >= 11 is 0. The molecule has 0 unspecified atom stereocenters. The average Bonchev–Trinajstić information content (AvgIpc) is 2.99. The first-order valence-electron chi connectivity index (χ1n) is 6.17.